The van der Waals surface area contributed by atoms with Gasteiger partial charge < -0.3 is 9.47 Å². The lowest BCUT2D eigenvalue weighted by atomic mass is 10.2. The van der Waals surface area contributed by atoms with E-state index in [1.54, 1.807) is 29.3 Å². The fraction of sp³-hybridized carbons (Fsp3) is 0.381. The number of carbonyl (C=O) groups is 1. The maximum Gasteiger partial charge on any atom is 0.255 e. The third-order valence-corrected chi connectivity index (χ3v) is 5.15. The number of carbonyl (C=O) groups excluding carboxylic acids is 1. The molecular weight excluding hydrogens is 395 g/mol. The number of rotatable bonds is 8. The Balaban J connectivity index is 1.97. The quantitative estimate of drug-likeness (QED) is 0.478. The largest absolute Gasteiger partial charge is 0.331 e. The standard InChI is InChI=1S/C21H24Cl2N4O/c1-3-5-12-26(21(28)16-13-15(22)8-9-17(16)23)14-19-25-18-7-6-10-24-20(18)27(19)11-4-2/h6-10,13H,3-5,11-12,14H2,1-2H3. The van der Waals surface area contributed by atoms with Crippen LogP contribution in [-0.4, -0.2) is 31.9 Å². The topological polar surface area (TPSA) is 51.0 Å². The highest BCUT2D eigenvalue weighted by Gasteiger charge is 2.22. The molecule has 0 atom stereocenters. The van der Waals surface area contributed by atoms with Gasteiger partial charge in [-0.1, -0.05) is 43.5 Å². The van der Waals surface area contributed by atoms with Gasteiger partial charge in [0.2, 0.25) is 0 Å². The summed E-state index contributed by atoms with van der Waals surface area (Å²) in [5.41, 5.74) is 2.11. The molecule has 0 aliphatic heterocycles. The number of nitrogens with zero attached hydrogens (tertiary/aromatic N) is 4. The summed E-state index contributed by atoms with van der Waals surface area (Å²) in [7, 11) is 0. The van der Waals surface area contributed by atoms with Crippen molar-refractivity contribution in [3.63, 3.8) is 0 Å². The molecule has 0 saturated carbocycles. The minimum absolute atomic E-state index is 0.135. The third kappa shape index (κ3) is 4.47. The molecule has 148 valence electrons. The van der Waals surface area contributed by atoms with Gasteiger partial charge in [0.1, 0.15) is 11.3 Å². The predicted molar refractivity (Wildman–Crippen MR) is 114 cm³/mol. The molecule has 0 radical (unpaired) electrons. The number of fused-ring (bicyclic) bond motifs is 1. The van der Waals surface area contributed by atoms with Crippen LogP contribution in [0.2, 0.25) is 10.0 Å². The summed E-state index contributed by atoms with van der Waals surface area (Å²) in [6.07, 6.45) is 4.61. The van der Waals surface area contributed by atoms with Crippen LogP contribution in [0.4, 0.5) is 0 Å². The van der Waals surface area contributed by atoms with E-state index in [1.165, 1.54) is 0 Å². The number of aromatic nitrogens is 3. The lowest BCUT2D eigenvalue weighted by molar-refractivity contribution is 0.0735. The number of benzene rings is 1. The third-order valence-electron chi connectivity index (χ3n) is 4.59. The van der Waals surface area contributed by atoms with E-state index >= 15 is 0 Å². The fourth-order valence-electron chi connectivity index (χ4n) is 3.19. The molecule has 7 heteroatoms. The number of pyridine rings is 1. The van der Waals surface area contributed by atoms with Crippen LogP contribution in [0, 0.1) is 0 Å². The highest BCUT2D eigenvalue weighted by Crippen LogP contribution is 2.24. The van der Waals surface area contributed by atoms with Crippen molar-refractivity contribution < 1.29 is 4.79 Å². The number of unbranched alkanes of at least 4 members (excludes halogenated alkanes) is 1. The van der Waals surface area contributed by atoms with Gasteiger partial charge in [0.05, 0.1) is 17.1 Å². The van der Waals surface area contributed by atoms with Crippen molar-refractivity contribution in [2.24, 2.45) is 0 Å². The molecule has 0 unspecified atom stereocenters. The van der Waals surface area contributed by atoms with Gasteiger partial charge in [0.25, 0.3) is 5.91 Å². The van der Waals surface area contributed by atoms with Gasteiger partial charge in [-0.05, 0) is 43.2 Å². The average molecular weight is 419 g/mol. The number of imidazole rings is 1. The molecule has 0 aliphatic carbocycles. The highest BCUT2D eigenvalue weighted by atomic mass is 35.5. The van der Waals surface area contributed by atoms with E-state index in [1.807, 2.05) is 12.1 Å². The molecule has 2 aromatic heterocycles. The van der Waals surface area contributed by atoms with Gasteiger partial charge in [0.15, 0.2) is 5.65 Å². The van der Waals surface area contributed by atoms with E-state index in [4.69, 9.17) is 28.2 Å². The zero-order valence-electron chi connectivity index (χ0n) is 16.2. The summed E-state index contributed by atoms with van der Waals surface area (Å²) in [6.45, 7) is 6.05. The van der Waals surface area contributed by atoms with Gasteiger partial charge in [-0.3, -0.25) is 4.79 Å². The molecule has 0 saturated heterocycles. The molecule has 5 nitrogen and oxygen atoms in total. The maximum atomic E-state index is 13.2. The van der Waals surface area contributed by atoms with Crippen LogP contribution >= 0.6 is 23.2 Å². The Bertz CT molecular complexity index is 970. The van der Waals surface area contributed by atoms with Crippen LogP contribution in [0.1, 0.15) is 49.3 Å². The van der Waals surface area contributed by atoms with Gasteiger partial charge in [0, 0.05) is 24.3 Å². The van der Waals surface area contributed by atoms with Crippen LogP contribution in [0.15, 0.2) is 36.5 Å². The predicted octanol–water partition coefficient (Wildman–Crippen LogP) is 5.59. The van der Waals surface area contributed by atoms with Crippen LogP contribution in [0.5, 0.6) is 0 Å². The first-order valence-electron chi connectivity index (χ1n) is 9.59. The lowest BCUT2D eigenvalue weighted by Gasteiger charge is -2.23. The Kier molecular flexibility index (Phi) is 6.92. The molecule has 0 spiro atoms. The Morgan fingerprint density at radius 3 is 2.75 bits per heavy atom. The van der Waals surface area contributed by atoms with Gasteiger partial charge in [-0.15, -0.1) is 0 Å². The van der Waals surface area contributed by atoms with Crippen molar-refractivity contribution in [2.75, 3.05) is 6.54 Å². The Morgan fingerprint density at radius 1 is 1.18 bits per heavy atom. The van der Waals surface area contributed by atoms with Gasteiger partial charge in [-0.2, -0.15) is 0 Å². The molecule has 0 bridgehead atoms. The van der Waals surface area contributed by atoms with Crippen molar-refractivity contribution in [3.05, 3.63) is 58.0 Å². The number of hydrogen-bond donors (Lipinski definition) is 0. The van der Waals surface area contributed by atoms with Gasteiger partial charge in [-0.25, -0.2) is 9.97 Å². The Labute approximate surface area is 175 Å². The number of halogens is 2. The van der Waals surface area contributed by atoms with Crippen LogP contribution < -0.4 is 0 Å². The van der Waals surface area contributed by atoms with Crippen molar-refractivity contribution in [3.8, 4) is 0 Å². The molecule has 0 fully saturated rings. The smallest absolute Gasteiger partial charge is 0.255 e. The van der Waals surface area contributed by atoms with Crippen LogP contribution in [0.3, 0.4) is 0 Å². The van der Waals surface area contributed by atoms with E-state index in [9.17, 15) is 4.79 Å². The van der Waals surface area contributed by atoms with Crippen LogP contribution in [0.25, 0.3) is 11.2 Å². The minimum atomic E-state index is -0.135. The zero-order valence-corrected chi connectivity index (χ0v) is 17.7. The molecule has 2 heterocycles. The monoisotopic (exact) mass is 418 g/mol. The second-order valence-corrected chi connectivity index (χ2v) is 7.57. The number of hydrogen-bond acceptors (Lipinski definition) is 3. The second-order valence-electron chi connectivity index (χ2n) is 6.73. The summed E-state index contributed by atoms with van der Waals surface area (Å²) in [5.74, 6) is 0.696. The normalized spacial score (nSPS) is 11.1. The Morgan fingerprint density at radius 2 is 2.00 bits per heavy atom. The second kappa shape index (κ2) is 9.39. The zero-order chi connectivity index (χ0) is 20.1. The van der Waals surface area contributed by atoms with Gasteiger partial charge >= 0.3 is 0 Å². The summed E-state index contributed by atoms with van der Waals surface area (Å²) in [4.78, 5) is 24.3. The molecule has 3 aromatic rings. The van der Waals surface area contributed by atoms with E-state index in [0.29, 0.717) is 28.7 Å². The molecular formula is C21H24Cl2N4O. The number of amides is 1. The first-order chi connectivity index (χ1) is 13.5. The molecule has 1 amide bonds. The fourth-order valence-corrected chi connectivity index (χ4v) is 3.56. The van der Waals surface area contributed by atoms with Crippen molar-refractivity contribution in [2.45, 2.75) is 46.2 Å². The number of aryl methyl sites for hydroxylation is 1. The first-order valence-corrected chi connectivity index (χ1v) is 10.3. The molecule has 0 aliphatic rings. The summed E-state index contributed by atoms with van der Waals surface area (Å²) >= 11 is 12.4. The SMILES string of the molecule is CCCCN(Cc1nc2cccnc2n1CCC)C(=O)c1cc(Cl)ccc1Cl. The Hall–Kier alpha value is -2.11. The first kappa shape index (κ1) is 20.6. The lowest BCUT2D eigenvalue weighted by Crippen LogP contribution is -2.33. The summed E-state index contributed by atoms with van der Waals surface area (Å²) in [6, 6.07) is 8.79. The molecule has 3 rings (SSSR count). The van der Waals surface area contributed by atoms with Crippen LogP contribution in [-0.2, 0) is 13.1 Å². The van der Waals surface area contributed by atoms with Crippen molar-refractivity contribution in [1.29, 1.82) is 0 Å². The highest BCUT2D eigenvalue weighted by molar-refractivity contribution is 6.35. The van der Waals surface area contributed by atoms with Crippen molar-refractivity contribution >= 4 is 40.3 Å². The van der Waals surface area contributed by atoms with E-state index in [-0.39, 0.29) is 5.91 Å². The maximum absolute atomic E-state index is 13.2. The van der Waals surface area contributed by atoms with E-state index < -0.39 is 0 Å². The molecule has 28 heavy (non-hydrogen) atoms. The molecule has 0 N–H and O–H groups in total. The average Bonchev–Trinajstić information content (AvgIpc) is 3.04. The van der Waals surface area contributed by atoms with Crippen molar-refractivity contribution in [1.82, 2.24) is 19.4 Å². The summed E-state index contributed by atoms with van der Waals surface area (Å²) < 4.78 is 2.10. The van der Waals surface area contributed by atoms with E-state index in [0.717, 1.165) is 42.8 Å². The minimum Gasteiger partial charge on any atom is -0.331 e. The molecule has 1 aromatic carbocycles. The summed E-state index contributed by atoms with van der Waals surface area (Å²) in [5, 5.41) is 0.894. The van der Waals surface area contributed by atoms with E-state index in [2.05, 4.69) is 23.4 Å².